The van der Waals surface area contributed by atoms with Crippen LogP contribution in [0.5, 0.6) is 0 Å². The minimum atomic E-state index is -1.15. The Kier molecular flexibility index (Phi) is 2.47. The monoisotopic (exact) mass is 158 g/mol. The Morgan fingerprint density at radius 2 is 2.18 bits per heavy atom. The molecule has 4 heteroatoms. The molecular formula is C7H10O4. The molecule has 1 heterocycles. The summed E-state index contributed by atoms with van der Waals surface area (Å²) >= 11 is 0. The third-order valence-corrected chi connectivity index (χ3v) is 1.67. The van der Waals surface area contributed by atoms with Crippen molar-refractivity contribution in [2.75, 3.05) is 6.61 Å². The molecule has 0 radical (unpaired) electrons. The molecule has 1 aliphatic rings. The Bertz CT molecular complexity index is 174. The van der Waals surface area contributed by atoms with Crippen LogP contribution < -0.4 is 0 Å². The smallest absolute Gasteiger partial charge is 0.143 e. The number of hydrogen-bond acceptors (Lipinski definition) is 4. The van der Waals surface area contributed by atoms with Crippen LogP contribution in [0.1, 0.15) is 0 Å². The van der Waals surface area contributed by atoms with E-state index in [1.54, 1.807) is 0 Å². The second-order valence-corrected chi connectivity index (χ2v) is 2.47. The highest BCUT2D eigenvalue weighted by Crippen LogP contribution is 2.16. The van der Waals surface area contributed by atoms with E-state index >= 15 is 0 Å². The Labute approximate surface area is 64.4 Å². The van der Waals surface area contributed by atoms with Crippen LogP contribution in [0.25, 0.3) is 0 Å². The fourth-order valence-corrected chi connectivity index (χ4v) is 0.999. The normalized spacial score (nSPS) is 40.0. The van der Waals surface area contributed by atoms with Gasteiger partial charge < -0.3 is 20.1 Å². The lowest BCUT2D eigenvalue weighted by Gasteiger charge is -2.16. The molecule has 0 aromatic heterocycles. The number of aliphatic hydroxyl groups is 3. The van der Waals surface area contributed by atoms with Gasteiger partial charge in [0.15, 0.2) is 0 Å². The fourth-order valence-electron chi connectivity index (χ4n) is 0.999. The van der Waals surface area contributed by atoms with E-state index < -0.39 is 24.4 Å². The van der Waals surface area contributed by atoms with Crippen LogP contribution in [0.2, 0.25) is 0 Å². The van der Waals surface area contributed by atoms with E-state index in [9.17, 15) is 0 Å². The number of aliphatic hydroxyl groups excluding tert-OH is 3. The van der Waals surface area contributed by atoms with Gasteiger partial charge in [-0.25, -0.2) is 0 Å². The van der Waals surface area contributed by atoms with Crippen molar-refractivity contribution < 1.29 is 20.1 Å². The summed E-state index contributed by atoms with van der Waals surface area (Å²) in [5.74, 6) is 2.02. The molecule has 0 aliphatic carbocycles. The summed E-state index contributed by atoms with van der Waals surface area (Å²) in [6.07, 6.45) is 0.860. The Morgan fingerprint density at radius 1 is 1.55 bits per heavy atom. The molecule has 1 rings (SSSR count). The van der Waals surface area contributed by atoms with E-state index in [4.69, 9.17) is 26.5 Å². The van der Waals surface area contributed by atoms with Gasteiger partial charge in [0.05, 0.1) is 6.61 Å². The third kappa shape index (κ3) is 1.52. The maximum Gasteiger partial charge on any atom is 0.143 e. The number of rotatable bonds is 1. The zero-order valence-corrected chi connectivity index (χ0v) is 5.84. The van der Waals surface area contributed by atoms with Crippen molar-refractivity contribution in [2.24, 2.45) is 0 Å². The van der Waals surface area contributed by atoms with Crippen molar-refractivity contribution >= 4 is 0 Å². The summed E-state index contributed by atoms with van der Waals surface area (Å²) in [6, 6.07) is 0. The van der Waals surface area contributed by atoms with Gasteiger partial charge in [-0.2, -0.15) is 0 Å². The Balaban J connectivity index is 2.56. The van der Waals surface area contributed by atoms with Crippen LogP contribution in [-0.4, -0.2) is 46.3 Å². The van der Waals surface area contributed by atoms with Crippen molar-refractivity contribution in [3.63, 3.8) is 0 Å². The molecule has 62 valence electrons. The average molecular weight is 158 g/mol. The van der Waals surface area contributed by atoms with E-state index in [-0.39, 0.29) is 6.61 Å². The van der Waals surface area contributed by atoms with Crippen molar-refractivity contribution in [2.45, 2.75) is 24.4 Å². The van der Waals surface area contributed by atoms with Crippen LogP contribution in [-0.2, 0) is 4.74 Å². The van der Waals surface area contributed by atoms with Gasteiger partial charge in [0.1, 0.15) is 24.4 Å². The highest BCUT2D eigenvalue weighted by atomic mass is 16.5. The average Bonchev–Trinajstić information content (AvgIpc) is 2.32. The van der Waals surface area contributed by atoms with Gasteiger partial charge in [-0.1, -0.05) is 5.92 Å². The highest BCUT2D eigenvalue weighted by Gasteiger charge is 2.38. The summed E-state index contributed by atoms with van der Waals surface area (Å²) in [5.41, 5.74) is 0. The SMILES string of the molecule is C#CC(O)C1OCC(O)C1O. The zero-order valence-electron chi connectivity index (χ0n) is 5.84. The number of hydrogen-bond donors (Lipinski definition) is 3. The highest BCUT2D eigenvalue weighted by molar-refractivity contribution is 5.03. The van der Waals surface area contributed by atoms with Crippen LogP contribution in [0.3, 0.4) is 0 Å². The van der Waals surface area contributed by atoms with E-state index in [1.165, 1.54) is 0 Å². The second-order valence-electron chi connectivity index (χ2n) is 2.47. The summed E-state index contributed by atoms with van der Waals surface area (Å²) in [5, 5.41) is 27.1. The molecule has 1 aliphatic heterocycles. The molecule has 0 bridgehead atoms. The first-order valence-electron chi connectivity index (χ1n) is 3.28. The lowest BCUT2D eigenvalue weighted by atomic mass is 10.1. The molecule has 1 saturated heterocycles. The number of ether oxygens (including phenoxy) is 1. The topological polar surface area (TPSA) is 69.9 Å². The summed E-state index contributed by atoms with van der Waals surface area (Å²) in [7, 11) is 0. The fraction of sp³-hybridized carbons (Fsp3) is 0.714. The van der Waals surface area contributed by atoms with Crippen LogP contribution >= 0.6 is 0 Å². The Morgan fingerprint density at radius 3 is 2.55 bits per heavy atom. The van der Waals surface area contributed by atoms with Crippen molar-refractivity contribution in [3.05, 3.63) is 0 Å². The number of terminal acetylenes is 1. The molecule has 4 unspecified atom stereocenters. The van der Waals surface area contributed by atoms with Gasteiger partial charge in [0.2, 0.25) is 0 Å². The van der Waals surface area contributed by atoms with E-state index in [2.05, 4.69) is 0 Å². The second kappa shape index (κ2) is 3.20. The maximum absolute atomic E-state index is 9.13. The molecular weight excluding hydrogens is 148 g/mol. The van der Waals surface area contributed by atoms with Gasteiger partial charge in [-0.05, 0) is 0 Å². The molecule has 4 nitrogen and oxygen atoms in total. The van der Waals surface area contributed by atoms with Gasteiger partial charge in [0.25, 0.3) is 0 Å². The van der Waals surface area contributed by atoms with Gasteiger partial charge in [-0.3, -0.25) is 0 Å². The van der Waals surface area contributed by atoms with E-state index in [0.29, 0.717) is 0 Å². The summed E-state index contributed by atoms with van der Waals surface area (Å²) < 4.78 is 4.84. The minimum Gasteiger partial charge on any atom is -0.388 e. The van der Waals surface area contributed by atoms with E-state index in [1.807, 2.05) is 5.92 Å². The molecule has 0 spiro atoms. The van der Waals surface area contributed by atoms with E-state index in [0.717, 1.165) is 0 Å². The van der Waals surface area contributed by atoms with Crippen LogP contribution in [0, 0.1) is 12.3 Å². The molecule has 1 fully saturated rings. The third-order valence-electron chi connectivity index (χ3n) is 1.67. The molecule has 0 amide bonds. The van der Waals surface area contributed by atoms with Crippen molar-refractivity contribution in [1.82, 2.24) is 0 Å². The first kappa shape index (κ1) is 8.50. The van der Waals surface area contributed by atoms with Crippen molar-refractivity contribution in [3.8, 4) is 12.3 Å². The minimum absolute atomic E-state index is 0.0184. The molecule has 0 aromatic carbocycles. The van der Waals surface area contributed by atoms with Crippen molar-refractivity contribution in [1.29, 1.82) is 0 Å². The van der Waals surface area contributed by atoms with Gasteiger partial charge in [0, 0.05) is 0 Å². The largest absolute Gasteiger partial charge is 0.388 e. The molecule has 0 aromatic rings. The quantitative estimate of drug-likeness (QED) is 0.390. The molecule has 0 saturated carbocycles. The summed E-state index contributed by atoms with van der Waals surface area (Å²) in [4.78, 5) is 0. The molecule has 11 heavy (non-hydrogen) atoms. The molecule has 4 atom stereocenters. The first-order chi connectivity index (χ1) is 5.16. The maximum atomic E-state index is 9.13. The molecule has 3 N–H and O–H groups in total. The first-order valence-corrected chi connectivity index (χ1v) is 3.28. The van der Waals surface area contributed by atoms with Gasteiger partial charge in [-0.15, -0.1) is 6.42 Å². The predicted octanol–water partition coefficient (Wildman–Crippen LogP) is -1.90. The predicted molar refractivity (Wildman–Crippen MR) is 36.6 cm³/mol. The van der Waals surface area contributed by atoms with Gasteiger partial charge >= 0.3 is 0 Å². The van der Waals surface area contributed by atoms with Crippen LogP contribution in [0.15, 0.2) is 0 Å². The lowest BCUT2D eigenvalue weighted by Crippen LogP contribution is -2.37. The lowest BCUT2D eigenvalue weighted by molar-refractivity contribution is -0.0290. The Hall–Kier alpha value is -0.600. The van der Waals surface area contributed by atoms with Crippen LogP contribution in [0.4, 0.5) is 0 Å². The standard InChI is InChI=1S/C7H10O4/c1-2-4(8)7-6(10)5(9)3-11-7/h1,4-10H,3H2. The summed E-state index contributed by atoms with van der Waals surface area (Å²) in [6.45, 7) is 0.0184. The zero-order chi connectivity index (χ0) is 8.43.